The Hall–Kier alpha value is -2.59. The number of carbonyl (C=O) groups is 1. The number of fused-ring (bicyclic) bond motifs is 1. The van der Waals surface area contributed by atoms with Gasteiger partial charge in [-0.15, -0.1) is 0 Å². The van der Waals surface area contributed by atoms with E-state index in [1.165, 1.54) is 5.69 Å². The summed E-state index contributed by atoms with van der Waals surface area (Å²) in [4.78, 5) is 14.5. The summed E-state index contributed by atoms with van der Waals surface area (Å²) < 4.78 is 5.41. The number of hydrogen-bond donors (Lipinski definition) is 1. The number of morpholine rings is 1. The number of rotatable bonds is 2. The van der Waals surface area contributed by atoms with Crippen molar-refractivity contribution in [2.75, 3.05) is 36.5 Å². The number of benzene rings is 2. The molecule has 2 aliphatic heterocycles. The number of nitrogens with one attached hydrogen (secondary N) is 1. The molecule has 0 saturated carbocycles. The van der Waals surface area contributed by atoms with E-state index >= 15 is 0 Å². The van der Waals surface area contributed by atoms with Gasteiger partial charge in [-0.3, -0.25) is 4.79 Å². The van der Waals surface area contributed by atoms with Gasteiger partial charge >= 0.3 is 0 Å². The van der Waals surface area contributed by atoms with E-state index in [1.807, 2.05) is 42.5 Å². The SMILES string of the molecule is O=C1Nc2ccccc2C1=Cc1cccc(N2CCOCC2)c1. The standard InChI is InChI=1S/C19H18N2O2/c22-19-17(16-6-1-2-7-18(16)20-19)13-14-4-3-5-15(12-14)21-8-10-23-11-9-21/h1-7,12-13H,8-11H2,(H,20,22). The molecule has 1 saturated heterocycles. The van der Waals surface area contributed by atoms with Crippen LogP contribution in [0.3, 0.4) is 0 Å². The van der Waals surface area contributed by atoms with Crippen molar-refractivity contribution in [2.45, 2.75) is 0 Å². The maximum absolute atomic E-state index is 12.2. The topological polar surface area (TPSA) is 41.6 Å². The first-order valence-corrected chi connectivity index (χ1v) is 7.86. The molecule has 1 N–H and O–H groups in total. The van der Waals surface area contributed by atoms with Crippen LogP contribution in [0.25, 0.3) is 11.6 Å². The van der Waals surface area contributed by atoms with Crippen LogP contribution in [0, 0.1) is 0 Å². The molecule has 2 aromatic carbocycles. The van der Waals surface area contributed by atoms with E-state index in [0.717, 1.165) is 48.7 Å². The molecule has 0 atom stereocenters. The second kappa shape index (κ2) is 5.89. The lowest BCUT2D eigenvalue weighted by Gasteiger charge is -2.29. The summed E-state index contributed by atoms with van der Waals surface area (Å²) >= 11 is 0. The van der Waals surface area contributed by atoms with E-state index in [2.05, 4.69) is 22.3 Å². The van der Waals surface area contributed by atoms with Crippen molar-refractivity contribution in [1.29, 1.82) is 0 Å². The first-order chi connectivity index (χ1) is 11.3. The smallest absolute Gasteiger partial charge is 0.256 e. The number of ether oxygens (including phenoxy) is 1. The average molecular weight is 306 g/mol. The van der Waals surface area contributed by atoms with Crippen molar-refractivity contribution in [3.63, 3.8) is 0 Å². The summed E-state index contributed by atoms with van der Waals surface area (Å²) in [5.74, 6) is -0.0389. The molecule has 1 fully saturated rings. The summed E-state index contributed by atoms with van der Waals surface area (Å²) in [6.45, 7) is 3.34. The third-order valence-electron chi connectivity index (χ3n) is 4.27. The minimum atomic E-state index is -0.0389. The highest BCUT2D eigenvalue weighted by atomic mass is 16.5. The quantitative estimate of drug-likeness (QED) is 0.867. The molecule has 0 unspecified atom stereocenters. The molecule has 0 spiro atoms. The summed E-state index contributed by atoms with van der Waals surface area (Å²) in [6.07, 6.45) is 1.96. The number of nitrogens with zero attached hydrogens (tertiary/aromatic N) is 1. The van der Waals surface area contributed by atoms with Crippen LogP contribution in [0.2, 0.25) is 0 Å². The van der Waals surface area contributed by atoms with Crippen molar-refractivity contribution >= 4 is 28.9 Å². The Morgan fingerprint density at radius 2 is 1.87 bits per heavy atom. The number of amides is 1. The predicted molar refractivity (Wildman–Crippen MR) is 92.4 cm³/mol. The number of para-hydroxylation sites is 1. The predicted octanol–water partition coefficient (Wildman–Crippen LogP) is 3.02. The highest BCUT2D eigenvalue weighted by Gasteiger charge is 2.23. The Morgan fingerprint density at radius 3 is 2.74 bits per heavy atom. The fourth-order valence-electron chi connectivity index (χ4n) is 3.08. The number of carbonyl (C=O) groups excluding carboxylic acids is 1. The normalized spacial score (nSPS) is 18.9. The highest BCUT2D eigenvalue weighted by molar-refractivity contribution is 6.34. The van der Waals surface area contributed by atoms with Crippen LogP contribution < -0.4 is 10.2 Å². The molecule has 4 heteroatoms. The van der Waals surface area contributed by atoms with E-state index in [9.17, 15) is 4.79 Å². The highest BCUT2D eigenvalue weighted by Crippen LogP contribution is 2.33. The Bertz CT molecular complexity index is 776. The van der Waals surface area contributed by atoms with E-state index in [0.29, 0.717) is 0 Å². The summed E-state index contributed by atoms with van der Waals surface area (Å²) in [7, 11) is 0. The zero-order valence-electron chi connectivity index (χ0n) is 12.8. The molecule has 0 aliphatic carbocycles. The largest absolute Gasteiger partial charge is 0.378 e. The molecule has 2 aliphatic rings. The van der Waals surface area contributed by atoms with Gasteiger partial charge in [0.2, 0.25) is 0 Å². The molecule has 23 heavy (non-hydrogen) atoms. The van der Waals surface area contributed by atoms with Gasteiger partial charge in [-0.1, -0.05) is 30.3 Å². The van der Waals surface area contributed by atoms with Crippen LogP contribution >= 0.6 is 0 Å². The Kier molecular flexibility index (Phi) is 3.60. The molecule has 116 valence electrons. The Morgan fingerprint density at radius 1 is 1.04 bits per heavy atom. The number of hydrogen-bond acceptors (Lipinski definition) is 3. The van der Waals surface area contributed by atoms with E-state index in [4.69, 9.17) is 4.74 Å². The fraction of sp³-hybridized carbons (Fsp3) is 0.211. The van der Waals surface area contributed by atoms with Crippen molar-refractivity contribution in [3.05, 3.63) is 59.7 Å². The lowest BCUT2D eigenvalue weighted by molar-refractivity contribution is -0.110. The molecule has 0 bridgehead atoms. The molecular formula is C19H18N2O2. The van der Waals surface area contributed by atoms with Crippen LogP contribution in [0.5, 0.6) is 0 Å². The van der Waals surface area contributed by atoms with Gasteiger partial charge in [0.05, 0.1) is 13.2 Å². The molecular weight excluding hydrogens is 288 g/mol. The van der Waals surface area contributed by atoms with E-state index in [1.54, 1.807) is 0 Å². The minimum Gasteiger partial charge on any atom is -0.378 e. The molecule has 2 heterocycles. The van der Waals surface area contributed by atoms with E-state index < -0.39 is 0 Å². The zero-order chi connectivity index (χ0) is 15.6. The average Bonchev–Trinajstić information content (AvgIpc) is 2.92. The summed E-state index contributed by atoms with van der Waals surface area (Å²) in [5, 5.41) is 2.91. The molecule has 4 rings (SSSR count). The molecule has 2 aromatic rings. The Labute approximate surface area is 135 Å². The monoisotopic (exact) mass is 306 g/mol. The van der Waals surface area contributed by atoms with Gasteiger partial charge in [0, 0.05) is 35.6 Å². The summed E-state index contributed by atoms with van der Waals surface area (Å²) in [5.41, 5.74) is 4.78. The third kappa shape index (κ3) is 2.73. The van der Waals surface area contributed by atoms with Crippen molar-refractivity contribution in [1.82, 2.24) is 0 Å². The van der Waals surface area contributed by atoms with E-state index in [-0.39, 0.29) is 5.91 Å². The van der Waals surface area contributed by atoms with Crippen LogP contribution in [0.15, 0.2) is 48.5 Å². The first kappa shape index (κ1) is 14.0. The lowest BCUT2D eigenvalue weighted by Crippen LogP contribution is -2.36. The van der Waals surface area contributed by atoms with Gasteiger partial charge < -0.3 is 15.0 Å². The van der Waals surface area contributed by atoms with Crippen LogP contribution in [0.1, 0.15) is 11.1 Å². The molecule has 0 aromatic heterocycles. The van der Waals surface area contributed by atoms with Crippen LogP contribution in [-0.4, -0.2) is 32.2 Å². The van der Waals surface area contributed by atoms with Gasteiger partial charge in [0.15, 0.2) is 0 Å². The lowest BCUT2D eigenvalue weighted by atomic mass is 10.0. The first-order valence-electron chi connectivity index (χ1n) is 7.86. The Balaban J connectivity index is 1.67. The second-order valence-corrected chi connectivity index (χ2v) is 5.75. The van der Waals surface area contributed by atoms with Gasteiger partial charge in [-0.25, -0.2) is 0 Å². The second-order valence-electron chi connectivity index (χ2n) is 5.75. The maximum atomic E-state index is 12.2. The zero-order valence-corrected chi connectivity index (χ0v) is 12.8. The van der Waals surface area contributed by atoms with Gasteiger partial charge in [-0.2, -0.15) is 0 Å². The minimum absolute atomic E-state index is 0.0389. The van der Waals surface area contributed by atoms with Gasteiger partial charge in [0.1, 0.15) is 0 Å². The molecule has 0 radical (unpaired) electrons. The van der Waals surface area contributed by atoms with Crippen LogP contribution in [0.4, 0.5) is 11.4 Å². The van der Waals surface area contributed by atoms with Gasteiger partial charge in [0.25, 0.3) is 5.91 Å². The summed E-state index contributed by atoms with van der Waals surface area (Å²) in [6, 6.07) is 16.1. The van der Waals surface area contributed by atoms with Crippen molar-refractivity contribution in [3.8, 4) is 0 Å². The van der Waals surface area contributed by atoms with Crippen molar-refractivity contribution in [2.24, 2.45) is 0 Å². The molecule has 1 amide bonds. The van der Waals surface area contributed by atoms with Crippen LogP contribution in [-0.2, 0) is 9.53 Å². The maximum Gasteiger partial charge on any atom is 0.256 e. The van der Waals surface area contributed by atoms with Gasteiger partial charge in [-0.05, 0) is 29.8 Å². The number of anilines is 2. The third-order valence-corrected chi connectivity index (χ3v) is 4.27. The van der Waals surface area contributed by atoms with Crippen molar-refractivity contribution < 1.29 is 9.53 Å². The molecule has 4 nitrogen and oxygen atoms in total. The fourth-order valence-corrected chi connectivity index (χ4v) is 3.08.